The number of carbonyl (C=O) groups is 1. The highest BCUT2D eigenvalue weighted by molar-refractivity contribution is 7.92. The van der Waals surface area contributed by atoms with Crippen LogP contribution in [0.2, 0.25) is 5.02 Å². The summed E-state index contributed by atoms with van der Waals surface area (Å²) in [7, 11) is -3.64. The lowest BCUT2D eigenvalue weighted by molar-refractivity contribution is -0.122. The van der Waals surface area contributed by atoms with E-state index in [0.717, 1.165) is 23.5 Å². The van der Waals surface area contributed by atoms with Crippen molar-refractivity contribution in [2.24, 2.45) is 0 Å². The van der Waals surface area contributed by atoms with Crippen LogP contribution in [0.1, 0.15) is 19.8 Å². The summed E-state index contributed by atoms with van der Waals surface area (Å²) in [5.74, 6) is -0.321. The number of aryl methyl sites for hydroxylation is 1. The minimum absolute atomic E-state index is 0.321. The van der Waals surface area contributed by atoms with Crippen molar-refractivity contribution in [1.29, 1.82) is 0 Å². The molecule has 0 aliphatic rings. The molecule has 1 aromatic heterocycles. The second kappa shape index (κ2) is 9.05. The number of hydrogen-bond acceptors (Lipinski definition) is 4. The molecule has 0 spiro atoms. The van der Waals surface area contributed by atoms with Crippen LogP contribution in [0.25, 0.3) is 0 Å². The maximum absolute atomic E-state index is 12.6. The molecule has 1 amide bonds. The summed E-state index contributed by atoms with van der Waals surface area (Å²) in [6, 6.07) is 5.58. The number of halogens is 1. The molecule has 9 heteroatoms. The Morgan fingerprint density at radius 1 is 1.35 bits per heavy atom. The Morgan fingerprint density at radius 3 is 2.58 bits per heavy atom. The smallest absolute Gasteiger partial charge is 0.243 e. The van der Waals surface area contributed by atoms with E-state index in [1.54, 1.807) is 43.7 Å². The van der Waals surface area contributed by atoms with Crippen LogP contribution in [0, 0.1) is 0 Å². The van der Waals surface area contributed by atoms with Crippen molar-refractivity contribution >= 4 is 33.2 Å². The first-order valence-electron chi connectivity index (χ1n) is 8.31. The zero-order chi connectivity index (χ0) is 19.2. The van der Waals surface area contributed by atoms with Gasteiger partial charge in [-0.2, -0.15) is 0 Å². The minimum atomic E-state index is -3.64. The second-order valence-electron chi connectivity index (χ2n) is 5.90. The average Bonchev–Trinajstić information content (AvgIpc) is 3.10. The van der Waals surface area contributed by atoms with E-state index in [0.29, 0.717) is 23.7 Å². The lowest BCUT2D eigenvalue weighted by Gasteiger charge is -2.30. The standard InChI is InChI=1S/C17H23ClN4O3S/c1-3-16(17(23)20-9-4-11-21-12-10-19-13-21)22(26(2,24)25)15-7-5-14(18)6-8-15/h5-8,10,12-13,16H,3-4,9,11H2,1-2H3,(H,20,23)/t16-/m1/s1. The quantitative estimate of drug-likeness (QED) is 0.657. The van der Waals surface area contributed by atoms with E-state index in [4.69, 9.17) is 11.6 Å². The van der Waals surface area contributed by atoms with Gasteiger partial charge in [-0.05, 0) is 37.1 Å². The summed E-state index contributed by atoms with van der Waals surface area (Å²) in [5, 5.41) is 3.32. The molecular formula is C17H23ClN4O3S. The van der Waals surface area contributed by atoms with Gasteiger partial charge in [-0.15, -0.1) is 0 Å². The molecule has 0 fully saturated rings. The molecule has 2 rings (SSSR count). The molecule has 0 radical (unpaired) electrons. The van der Waals surface area contributed by atoms with Crippen LogP contribution in [0.3, 0.4) is 0 Å². The van der Waals surface area contributed by atoms with E-state index in [2.05, 4.69) is 10.3 Å². The van der Waals surface area contributed by atoms with E-state index < -0.39 is 16.1 Å². The van der Waals surface area contributed by atoms with Gasteiger partial charge in [0, 0.05) is 30.5 Å². The van der Waals surface area contributed by atoms with Crippen molar-refractivity contribution in [3.63, 3.8) is 0 Å². The van der Waals surface area contributed by atoms with Gasteiger partial charge in [-0.1, -0.05) is 18.5 Å². The molecule has 0 unspecified atom stereocenters. The Labute approximate surface area is 159 Å². The van der Waals surface area contributed by atoms with Gasteiger partial charge < -0.3 is 9.88 Å². The fourth-order valence-corrected chi connectivity index (χ4v) is 4.00. The van der Waals surface area contributed by atoms with E-state index in [1.807, 2.05) is 10.8 Å². The molecule has 1 aromatic carbocycles. The Balaban J connectivity index is 2.06. The summed E-state index contributed by atoms with van der Waals surface area (Å²) in [6.45, 7) is 2.96. The first-order chi connectivity index (χ1) is 12.3. The number of imidazole rings is 1. The van der Waals surface area contributed by atoms with E-state index in [-0.39, 0.29) is 5.91 Å². The van der Waals surface area contributed by atoms with Gasteiger partial charge >= 0.3 is 0 Å². The molecule has 26 heavy (non-hydrogen) atoms. The average molecular weight is 399 g/mol. The van der Waals surface area contributed by atoms with Gasteiger partial charge in [-0.3, -0.25) is 9.10 Å². The molecule has 7 nitrogen and oxygen atoms in total. The number of carbonyl (C=O) groups excluding carboxylic acids is 1. The molecule has 2 aromatic rings. The van der Waals surface area contributed by atoms with E-state index >= 15 is 0 Å². The number of aromatic nitrogens is 2. The number of benzene rings is 1. The highest BCUT2D eigenvalue weighted by atomic mass is 35.5. The van der Waals surface area contributed by atoms with Crippen LogP contribution < -0.4 is 9.62 Å². The summed E-state index contributed by atoms with van der Waals surface area (Å²) >= 11 is 5.88. The van der Waals surface area contributed by atoms with E-state index in [9.17, 15) is 13.2 Å². The van der Waals surface area contributed by atoms with Crippen LogP contribution in [0.4, 0.5) is 5.69 Å². The van der Waals surface area contributed by atoms with Crippen molar-refractivity contribution in [2.75, 3.05) is 17.1 Å². The molecule has 0 saturated carbocycles. The van der Waals surface area contributed by atoms with Gasteiger partial charge in [-0.25, -0.2) is 13.4 Å². The number of amides is 1. The zero-order valence-electron chi connectivity index (χ0n) is 14.8. The molecular weight excluding hydrogens is 376 g/mol. The maximum atomic E-state index is 12.6. The Bertz CT molecular complexity index is 807. The summed E-state index contributed by atoms with van der Waals surface area (Å²) in [5.41, 5.74) is 0.414. The second-order valence-corrected chi connectivity index (χ2v) is 8.20. The topological polar surface area (TPSA) is 84.3 Å². The van der Waals surface area contributed by atoms with Gasteiger partial charge in [0.25, 0.3) is 0 Å². The zero-order valence-corrected chi connectivity index (χ0v) is 16.4. The molecule has 0 saturated heterocycles. The van der Waals surface area contributed by atoms with Crippen molar-refractivity contribution in [2.45, 2.75) is 32.4 Å². The highest BCUT2D eigenvalue weighted by Crippen LogP contribution is 2.24. The Kier molecular flexibility index (Phi) is 7.05. The fraction of sp³-hybridized carbons (Fsp3) is 0.412. The molecule has 142 valence electrons. The molecule has 0 aliphatic heterocycles. The summed E-state index contributed by atoms with van der Waals surface area (Å²) in [4.78, 5) is 16.6. The predicted octanol–water partition coefficient (Wildman–Crippen LogP) is 2.29. The number of anilines is 1. The number of nitrogens with zero attached hydrogens (tertiary/aromatic N) is 3. The number of nitrogens with one attached hydrogen (secondary N) is 1. The monoisotopic (exact) mass is 398 g/mol. The first kappa shape index (κ1) is 20.3. The Hall–Kier alpha value is -2.06. The Morgan fingerprint density at radius 2 is 2.04 bits per heavy atom. The minimum Gasteiger partial charge on any atom is -0.354 e. The SMILES string of the molecule is CC[C@H](C(=O)NCCCn1ccnc1)N(c1ccc(Cl)cc1)S(C)(=O)=O. The maximum Gasteiger partial charge on any atom is 0.243 e. The van der Waals surface area contributed by atoms with Gasteiger partial charge in [0.1, 0.15) is 6.04 Å². The van der Waals surface area contributed by atoms with Crippen molar-refractivity contribution in [1.82, 2.24) is 14.9 Å². The third-order valence-electron chi connectivity index (χ3n) is 3.86. The number of hydrogen-bond donors (Lipinski definition) is 1. The third kappa shape index (κ3) is 5.47. The van der Waals surface area contributed by atoms with Crippen LogP contribution in [0.15, 0.2) is 43.0 Å². The van der Waals surface area contributed by atoms with Crippen LogP contribution in [-0.4, -0.2) is 42.7 Å². The molecule has 0 bridgehead atoms. The normalized spacial score (nSPS) is 12.6. The predicted molar refractivity (Wildman–Crippen MR) is 103 cm³/mol. The number of rotatable bonds is 9. The molecule has 1 atom stereocenters. The lowest BCUT2D eigenvalue weighted by Crippen LogP contribution is -2.49. The van der Waals surface area contributed by atoms with Crippen molar-refractivity contribution in [3.05, 3.63) is 48.0 Å². The van der Waals surface area contributed by atoms with Gasteiger partial charge in [0.05, 0.1) is 18.3 Å². The van der Waals surface area contributed by atoms with Gasteiger partial charge in [0.15, 0.2) is 0 Å². The van der Waals surface area contributed by atoms with Crippen molar-refractivity contribution < 1.29 is 13.2 Å². The first-order valence-corrected chi connectivity index (χ1v) is 10.5. The van der Waals surface area contributed by atoms with Crippen LogP contribution in [0.5, 0.6) is 0 Å². The van der Waals surface area contributed by atoms with E-state index in [1.165, 1.54) is 0 Å². The molecule has 1 heterocycles. The summed E-state index contributed by atoms with van der Waals surface area (Å²) in [6.07, 6.45) is 7.42. The third-order valence-corrected chi connectivity index (χ3v) is 5.29. The van der Waals surface area contributed by atoms with Crippen LogP contribution >= 0.6 is 11.6 Å². The highest BCUT2D eigenvalue weighted by Gasteiger charge is 2.31. The molecule has 0 aliphatic carbocycles. The number of sulfonamides is 1. The molecule has 1 N–H and O–H groups in total. The fourth-order valence-electron chi connectivity index (χ4n) is 2.66. The van der Waals surface area contributed by atoms with Gasteiger partial charge in [0.2, 0.25) is 15.9 Å². The van der Waals surface area contributed by atoms with Crippen LogP contribution in [-0.2, 0) is 21.4 Å². The largest absolute Gasteiger partial charge is 0.354 e. The van der Waals surface area contributed by atoms with Crippen molar-refractivity contribution in [3.8, 4) is 0 Å². The summed E-state index contributed by atoms with van der Waals surface area (Å²) < 4.78 is 27.7. The lowest BCUT2D eigenvalue weighted by atomic mass is 10.2.